The van der Waals surface area contributed by atoms with Crippen LogP contribution in [0, 0.1) is 0 Å². The molecule has 2 aromatic heterocycles. The van der Waals surface area contributed by atoms with Crippen LogP contribution in [0.15, 0.2) is 66.7 Å². The van der Waals surface area contributed by atoms with Gasteiger partial charge in [0.05, 0.1) is 12.7 Å². The zero-order valence-corrected chi connectivity index (χ0v) is 17.1. The van der Waals surface area contributed by atoms with Gasteiger partial charge in [-0.15, -0.1) is 15.3 Å². The van der Waals surface area contributed by atoms with E-state index in [2.05, 4.69) is 20.4 Å². The molecule has 0 saturated carbocycles. The molecule has 1 aliphatic heterocycles. The second-order valence-electron chi connectivity index (χ2n) is 7.46. The Morgan fingerprint density at radius 1 is 1.03 bits per heavy atom. The van der Waals surface area contributed by atoms with Gasteiger partial charge in [-0.25, -0.2) is 0 Å². The van der Waals surface area contributed by atoms with Crippen LogP contribution in [0.3, 0.4) is 0 Å². The molecular formula is C23H22N6O2. The molecular weight excluding hydrogens is 392 g/mol. The summed E-state index contributed by atoms with van der Waals surface area (Å²) in [6.07, 6.45) is 0.842. The normalized spacial score (nSPS) is 15.9. The summed E-state index contributed by atoms with van der Waals surface area (Å²) in [5.74, 6) is 1.98. The molecule has 1 N–H and O–H groups in total. The number of para-hydroxylation sites is 1. The lowest BCUT2D eigenvalue weighted by Crippen LogP contribution is -2.37. The summed E-state index contributed by atoms with van der Waals surface area (Å²) in [5, 5.41) is 16.4. The van der Waals surface area contributed by atoms with Gasteiger partial charge in [0, 0.05) is 24.7 Å². The molecule has 1 fully saturated rings. The highest BCUT2D eigenvalue weighted by molar-refractivity contribution is 5.97. The van der Waals surface area contributed by atoms with Gasteiger partial charge in [-0.3, -0.25) is 4.79 Å². The zero-order valence-electron chi connectivity index (χ0n) is 17.1. The first kappa shape index (κ1) is 19.0. The van der Waals surface area contributed by atoms with Gasteiger partial charge >= 0.3 is 0 Å². The topological polar surface area (TPSA) is 84.6 Å². The van der Waals surface area contributed by atoms with Crippen molar-refractivity contribution in [2.75, 3.05) is 25.1 Å². The summed E-state index contributed by atoms with van der Waals surface area (Å²) in [7, 11) is 1.57. The first-order valence-electron chi connectivity index (χ1n) is 10.2. The molecule has 5 rings (SSSR count). The Morgan fingerprint density at radius 3 is 2.68 bits per heavy atom. The highest BCUT2D eigenvalue weighted by Gasteiger charge is 2.26. The Morgan fingerprint density at radius 2 is 1.84 bits per heavy atom. The summed E-state index contributed by atoms with van der Waals surface area (Å²) in [6.45, 7) is 1.49. The molecule has 1 atom stereocenters. The third kappa shape index (κ3) is 3.68. The molecule has 4 aromatic rings. The van der Waals surface area contributed by atoms with E-state index in [0.29, 0.717) is 29.3 Å². The summed E-state index contributed by atoms with van der Waals surface area (Å²) < 4.78 is 7.08. The third-order valence-corrected chi connectivity index (χ3v) is 5.48. The van der Waals surface area contributed by atoms with Gasteiger partial charge in [0.15, 0.2) is 11.5 Å². The van der Waals surface area contributed by atoms with E-state index in [1.165, 1.54) is 0 Å². The molecule has 156 valence electrons. The standard InChI is InChI=1S/C23H22N6O2/c1-31-19-10-6-5-9-18(19)23(30)24-17-13-14-28(15-17)21-12-11-20-25-26-22(29(20)27-21)16-7-3-2-4-8-16/h2-12,17H,13-15H2,1H3,(H,24,30). The number of amides is 1. The van der Waals surface area contributed by atoms with Crippen LogP contribution in [-0.4, -0.2) is 52.0 Å². The average Bonchev–Trinajstić information content (AvgIpc) is 3.46. The molecule has 31 heavy (non-hydrogen) atoms. The number of nitrogens with zero attached hydrogens (tertiary/aromatic N) is 5. The van der Waals surface area contributed by atoms with Gasteiger partial charge in [-0.05, 0) is 30.7 Å². The van der Waals surface area contributed by atoms with E-state index in [0.717, 1.165) is 24.3 Å². The fourth-order valence-electron chi connectivity index (χ4n) is 3.90. The van der Waals surface area contributed by atoms with E-state index in [1.807, 2.05) is 54.6 Å². The lowest BCUT2D eigenvalue weighted by molar-refractivity contribution is 0.0937. The Balaban J connectivity index is 1.33. The van der Waals surface area contributed by atoms with E-state index < -0.39 is 0 Å². The molecule has 0 aliphatic carbocycles. The second kappa shape index (κ2) is 8.06. The minimum absolute atomic E-state index is 0.0319. The largest absolute Gasteiger partial charge is 0.496 e. The monoisotopic (exact) mass is 414 g/mol. The van der Waals surface area contributed by atoms with Crippen molar-refractivity contribution < 1.29 is 9.53 Å². The Bertz CT molecular complexity index is 1220. The Kier molecular flexibility index (Phi) is 4.95. The molecule has 3 heterocycles. The van der Waals surface area contributed by atoms with Crippen LogP contribution < -0.4 is 15.0 Å². The minimum atomic E-state index is -0.127. The summed E-state index contributed by atoms with van der Waals surface area (Å²) in [4.78, 5) is 14.9. The van der Waals surface area contributed by atoms with Crippen LogP contribution in [0.4, 0.5) is 5.82 Å². The van der Waals surface area contributed by atoms with Gasteiger partial charge in [0.1, 0.15) is 11.6 Å². The minimum Gasteiger partial charge on any atom is -0.496 e. The predicted molar refractivity (Wildman–Crippen MR) is 117 cm³/mol. The predicted octanol–water partition coefficient (Wildman–Crippen LogP) is 2.81. The quantitative estimate of drug-likeness (QED) is 0.541. The Labute approximate surface area is 179 Å². The fraction of sp³-hybridized carbons (Fsp3) is 0.217. The number of ether oxygens (including phenoxy) is 1. The van der Waals surface area contributed by atoms with Crippen LogP contribution in [0.2, 0.25) is 0 Å². The van der Waals surface area contributed by atoms with Crippen molar-refractivity contribution in [1.82, 2.24) is 25.1 Å². The number of rotatable bonds is 5. The van der Waals surface area contributed by atoms with Crippen molar-refractivity contribution >= 4 is 17.4 Å². The van der Waals surface area contributed by atoms with Crippen LogP contribution in [0.1, 0.15) is 16.8 Å². The van der Waals surface area contributed by atoms with Crippen molar-refractivity contribution in [2.45, 2.75) is 12.5 Å². The van der Waals surface area contributed by atoms with E-state index >= 15 is 0 Å². The number of nitrogens with one attached hydrogen (secondary N) is 1. The van der Waals surface area contributed by atoms with E-state index in [4.69, 9.17) is 9.84 Å². The highest BCUT2D eigenvalue weighted by atomic mass is 16.5. The van der Waals surface area contributed by atoms with Crippen LogP contribution in [-0.2, 0) is 0 Å². The second-order valence-corrected chi connectivity index (χ2v) is 7.46. The van der Waals surface area contributed by atoms with Crippen molar-refractivity contribution in [3.63, 3.8) is 0 Å². The molecule has 1 saturated heterocycles. The molecule has 1 amide bonds. The number of aromatic nitrogens is 4. The summed E-state index contributed by atoms with van der Waals surface area (Å²) in [5.41, 5.74) is 2.20. The molecule has 0 bridgehead atoms. The molecule has 0 spiro atoms. The third-order valence-electron chi connectivity index (χ3n) is 5.48. The van der Waals surface area contributed by atoms with Crippen molar-refractivity contribution in [3.8, 4) is 17.1 Å². The van der Waals surface area contributed by atoms with Crippen LogP contribution >= 0.6 is 0 Å². The number of carbonyl (C=O) groups is 1. The first-order chi connectivity index (χ1) is 15.2. The number of carbonyl (C=O) groups excluding carboxylic acids is 1. The number of fused-ring (bicyclic) bond motifs is 1. The SMILES string of the molecule is COc1ccccc1C(=O)NC1CCN(c2ccc3nnc(-c4ccccc4)n3n2)C1. The zero-order chi connectivity index (χ0) is 21.2. The maximum Gasteiger partial charge on any atom is 0.255 e. The molecule has 8 heteroatoms. The van der Waals surface area contributed by atoms with E-state index in [1.54, 1.807) is 23.8 Å². The summed E-state index contributed by atoms with van der Waals surface area (Å²) in [6, 6.07) is 21.0. The highest BCUT2D eigenvalue weighted by Crippen LogP contribution is 2.23. The van der Waals surface area contributed by atoms with E-state index in [9.17, 15) is 4.79 Å². The van der Waals surface area contributed by atoms with Crippen LogP contribution in [0.5, 0.6) is 5.75 Å². The number of hydrogen-bond donors (Lipinski definition) is 1. The fourth-order valence-corrected chi connectivity index (χ4v) is 3.90. The molecule has 1 unspecified atom stereocenters. The maximum absolute atomic E-state index is 12.7. The number of methoxy groups -OCH3 is 1. The lowest BCUT2D eigenvalue weighted by Gasteiger charge is -2.18. The molecule has 8 nitrogen and oxygen atoms in total. The average molecular weight is 414 g/mol. The van der Waals surface area contributed by atoms with Gasteiger partial charge in [0.25, 0.3) is 5.91 Å². The van der Waals surface area contributed by atoms with E-state index in [-0.39, 0.29) is 11.9 Å². The smallest absolute Gasteiger partial charge is 0.255 e. The summed E-state index contributed by atoms with van der Waals surface area (Å²) >= 11 is 0. The number of hydrogen-bond acceptors (Lipinski definition) is 6. The van der Waals surface area contributed by atoms with Crippen molar-refractivity contribution in [1.29, 1.82) is 0 Å². The number of anilines is 1. The molecule has 2 aromatic carbocycles. The lowest BCUT2D eigenvalue weighted by atomic mass is 10.1. The number of benzene rings is 2. The van der Waals surface area contributed by atoms with Crippen molar-refractivity contribution in [2.24, 2.45) is 0 Å². The van der Waals surface area contributed by atoms with Gasteiger partial charge in [-0.2, -0.15) is 4.52 Å². The van der Waals surface area contributed by atoms with Gasteiger partial charge < -0.3 is 15.0 Å². The van der Waals surface area contributed by atoms with Crippen molar-refractivity contribution in [3.05, 3.63) is 72.3 Å². The van der Waals surface area contributed by atoms with Gasteiger partial charge in [0.2, 0.25) is 0 Å². The van der Waals surface area contributed by atoms with Crippen LogP contribution in [0.25, 0.3) is 17.0 Å². The molecule has 1 aliphatic rings. The Hall–Kier alpha value is -3.94. The first-order valence-corrected chi connectivity index (χ1v) is 10.2. The molecule has 0 radical (unpaired) electrons. The van der Waals surface area contributed by atoms with Gasteiger partial charge in [-0.1, -0.05) is 42.5 Å². The maximum atomic E-state index is 12.7.